The van der Waals surface area contributed by atoms with Crippen molar-refractivity contribution >= 4 is 29.9 Å². The molecule has 1 aromatic carbocycles. The van der Waals surface area contributed by atoms with Gasteiger partial charge in [-0.15, -0.1) is 24.0 Å². The summed E-state index contributed by atoms with van der Waals surface area (Å²) in [5.41, 5.74) is 1.14. The predicted molar refractivity (Wildman–Crippen MR) is 98.6 cm³/mol. The Bertz CT molecular complexity index is 439. The third-order valence-electron chi connectivity index (χ3n) is 3.24. The summed E-state index contributed by atoms with van der Waals surface area (Å²) in [6.45, 7) is 7.35. The molecule has 0 atom stereocenters. The van der Waals surface area contributed by atoms with E-state index in [9.17, 15) is 0 Å². The molecule has 2 N–H and O–H groups in total. The molecule has 4 nitrogen and oxygen atoms in total. The fourth-order valence-electron chi connectivity index (χ4n) is 1.94. The van der Waals surface area contributed by atoms with Crippen LogP contribution in [0.25, 0.3) is 0 Å². The molecule has 1 fully saturated rings. The van der Waals surface area contributed by atoms with E-state index in [0.29, 0.717) is 6.54 Å². The lowest BCUT2D eigenvalue weighted by Crippen LogP contribution is -2.36. The number of hydrogen-bond donors (Lipinski definition) is 2. The summed E-state index contributed by atoms with van der Waals surface area (Å²) >= 11 is 0. The van der Waals surface area contributed by atoms with E-state index in [0.717, 1.165) is 42.9 Å². The van der Waals surface area contributed by atoms with Crippen LogP contribution in [-0.4, -0.2) is 25.7 Å². The molecule has 1 saturated carbocycles. The van der Waals surface area contributed by atoms with Crippen LogP contribution in [0.1, 0.15) is 32.3 Å². The molecule has 0 aliphatic heterocycles. The lowest BCUT2D eigenvalue weighted by atomic mass is 10.2. The van der Waals surface area contributed by atoms with Gasteiger partial charge < -0.3 is 15.4 Å². The minimum atomic E-state index is 0. The largest absolute Gasteiger partial charge is 0.493 e. The molecule has 21 heavy (non-hydrogen) atoms. The normalized spacial score (nSPS) is 13.0. The van der Waals surface area contributed by atoms with E-state index in [1.807, 2.05) is 18.2 Å². The highest BCUT2D eigenvalue weighted by Gasteiger charge is 2.22. The summed E-state index contributed by atoms with van der Waals surface area (Å²) < 4.78 is 5.90. The molecule has 0 bridgehead atoms. The van der Waals surface area contributed by atoms with Gasteiger partial charge in [-0.05, 0) is 38.7 Å². The molecule has 2 rings (SSSR count). The summed E-state index contributed by atoms with van der Waals surface area (Å²) in [6, 6.07) is 8.18. The molecule has 0 amide bonds. The van der Waals surface area contributed by atoms with E-state index in [1.165, 1.54) is 12.8 Å². The Morgan fingerprint density at radius 1 is 1.19 bits per heavy atom. The van der Waals surface area contributed by atoms with Crippen LogP contribution in [0.5, 0.6) is 5.75 Å². The lowest BCUT2D eigenvalue weighted by molar-refractivity contribution is 0.297. The van der Waals surface area contributed by atoms with Crippen molar-refractivity contribution in [3.63, 3.8) is 0 Å². The SMILES string of the molecule is CCNC(=NCc1ccccc1OCC1CC1)NCC.I. The fourth-order valence-corrected chi connectivity index (χ4v) is 1.94. The minimum absolute atomic E-state index is 0. The van der Waals surface area contributed by atoms with Crippen molar-refractivity contribution in [2.24, 2.45) is 10.9 Å². The second-order valence-corrected chi connectivity index (χ2v) is 5.09. The van der Waals surface area contributed by atoms with Crippen molar-refractivity contribution in [1.82, 2.24) is 10.6 Å². The Morgan fingerprint density at radius 3 is 2.48 bits per heavy atom. The molecule has 0 spiro atoms. The van der Waals surface area contributed by atoms with Crippen LogP contribution in [-0.2, 0) is 6.54 Å². The van der Waals surface area contributed by atoms with Gasteiger partial charge in [0.25, 0.3) is 0 Å². The third kappa shape index (κ3) is 6.54. The Morgan fingerprint density at radius 2 is 1.86 bits per heavy atom. The standard InChI is InChI=1S/C16H25N3O.HI/c1-3-17-16(18-4-2)19-11-14-7-5-6-8-15(14)20-12-13-9-10-13;/h5-8,13H,3-4,9-12H2,1-2H3,(H2,17,18,19);1H. The van der Waals surface area contributed by atoms with Gasteiger partial charge in [-0.3, -0.25) is 0 Å². The van der Waals surface area contributed by atoms with E-state index in [1.54, 1.807) is 0 Å². The average molecular weight is 403 g/mol. The maximum absolute atomic E-state index is 5.90. The Balaban J connectivity index is 0.00000220. The molecule has 0 heterocycles. The van der Waals surface area contributed by atoms with E-state index in [4.69, 9.17) is 4.74 Å². The van der Waals surface area contributed by atoms with Gasteiger partial charge in [-0.2, -0.15) is 0 Å². The second-order valence-electron chi connectivity index (χ2n) is 5.09. The maximum Gasteiger partial charge on any atom is 0.191 e. The average Bonchev–Trinajstić information content (AvgIpc) is 3.28. The summed E-state index contributed by atoms with van der Waals surface area (Å²) in [5, 5.41) is 6.46. The topological polar surface area (TPSA) is 45.7 Å². The van der Waals surface area contributed by atoms with Gasteiger partial charge in [0.1, 0.15) is 5.75 Å². The number of guanidine groups is 1. The monoisotopic (exact) mass is 403 g/mol. The lowest BCUT2D eigenvalue weighted by Gasteiger charge is -2.12. The van der Waals surface area contributed by atoms with Crippen LogP contribution in [0, 0.1) is 5.92 Å². The fraction of sp³-hybridized carbons (Fsp3) is 0.562. The first-order valence-electron chi connectivity index (χ1n) is 7.56. The molecule has 5 heteroatoms. The number of hydrogen-bond acceptors (Lipinski definition) is 2. The zero-order valence-corrected chi connectivity index (χ0v) is 15.2. The van der Waals surface area contributed by atoms with Gasteiger partial charge in [0.2, 0.25) is 0 Å². The predicted octanol–water partition coefficient (Wildman–Crippen LogP) is 3.17. The van der Waals surface area contributed by atoms with Crippen LogP contribution < -0.4 is 15.4 Å². The van der Waals surface area contributed by atoms with Crippen molar-refractivity contribution in [2.45, 2.75) is 33.2 Å². The Hall–Kier alpha value is -0.980. The summed E-state index contributed by atoms with van der Waals surface area (Å²) in [4.78, 5) is 4.59. The van der Waals surface area contributed by atoms with Crippen LogP contribution >= 0.6 is 24.0 Å². The van der Waals surface area contributed by atoms with Gasteiger partial charge in [-0.25, -0.2) is 4.99 Å². The number of para-hydroxylation sites is 1. The van der Waals surface area contributed by atoms with E-state index in [-0.39, 0.29) is 24.0 Å². The van der Waals surface area contributed by atoms with Crippen LogP contribution in [0.15, 0.2) is 29.3 Å². The van der Waals surface area contributed by atoms with Gasteiger partial charge >= 0.3 is 0 Å². The van der Waals surface area contributed by atoms with Crippen molar-refractivity contribution < 1.29 is 4.74 Å². The van der Waals surface area contributed by atoms with E-state index < -0.39 is 0 Å². The highest BCUT2D eigenvalue weighted by Crippen LogP contribution is 2.30. The molecule has 0 unspecified atom stereocenters. The summed E-state index contributed by atoms with van der Waals surface area (Å²) in [7, 11) is 0. The number of rotatable bonds is 7. The summed E-state index contributed by atoms with van der Waals surface area (Å²) in [6.07, 6.45) is 2.62. The van der Waals surface area contributed by atoms with Crippen molar-refractivity contribution in [3.05, 3.63) is 29.8 Å². The van der Waals surface area contributed by atoms with Crippen LogP contribution in [0.3, 0.4) is 0 Å². The van der Waals surface area contributed by atoms with Gasteiger partial charge in [0, 0.05) is 18.7 Å². The smallest absolute Gasteiger partial charge is 0.191 e. The van der Waals surface area contributed by atoms with E-state index >= 15 is 0 Å². The first-order valence-corrected chi connectivity index (χ1v) is 7.56. The van der Waals surface area contributed by atoms with E-state index in [2.05, 4.69) is 35.5 Å². The quantitative estimate of drug-likeness (QED) is 0.418. The molecule has 118 valence electrons. The zero-order valence-electron chi connectivity index (χ0n) is 12.9. The minimum Gasteiger partial charge on any atom is -0.493 e. The first kappa shape index (κ1) is 18.1. The number of halogens is 1. The van der Waals surface area contributed by atoms with Gasteiger partial charge in [-0.1, -0.05) is 18.2 Å². The molecule has 0 saturated heterocycles. The molecular weight excluding hydrogens is 377 g/mol. The Kier molecular flexibility index (Phi) is 8.49. The van der Waals surface area contributed by atoms with Crippen molar-refractivity contribution in [2.75, 3.05) is 19.7 Å². The zero-order chi connectivity index (χ0) is 14.2. The van der Waals surface area contributed by atoms with Crippen molar-refractivity contribution in [1.29, 1.82) is 0 Å². The Labute approximate surface area is 144 Å². The highest BCUT2D eigenvalue weighted by atomic mass is 127. The first-order chi connectivity index (χ1) is 9.83. The molecular formula is C16H26IN3O. The number of benzene rings is 1. The van der Waals surface area contributed by atoms with Gasteiger partial charge in [0.15, 0.2) is 5.96 Å². The molecule has 1 aliphatic carbocycles. The summed E-state index contributed by atoms with van der Waals surface area (Å²) in [5.74, 6) is 2.59. The third-order valence-corrected chi connectivity index (χ3v) is 3.24. The number of aliphatic imine (C=N–C) groups is 1. The maximum atomic E-state index is 5.90. The molecule has 0 radical (unpaired) electrons. The molecule has 0 aromatic heterocycles. The molecule has 1 aliphatic rings. The number of nitrogens with one attached hydrogen (secondary N) is 2. The molecule has 1 aromatic rings. The second kappa shape index (κ2) is 9.87. The highest BCUT2D eigenvalue weighted by molar-refractivity contribution is 14.0. The number of ether oxygens (including phenoxy) is 1. The van der Waals surface area contributed by atoms with Crippen LogP contribution in [0.4, 0.5) is 0 Å². The number of nitrogens with zero attached hydrogens (tertiary/aromatic N) is 1. The van der Waals surface area contributed by atoms with Crippen LogP contribution in [0.2, 0.25) is 0 Å². The van der Waals surface area contributed by atoms with Crippen molar-refractivity contribution in [3.8, 4) is 5.75 Å². The van der Waals surface area contributed by atoms with Gasteiger partial charge in [0.05, 0.1) is 13.2 Å².